The van der Waals surface area contributed by atoms with Crippen LogP contribution in [0, 0.1) is 12.8 Å². The maximum atomic E-state index is 12.2. The van der Waals surface area contributed by atoms with Gasteiger partial charge in [0, 0.05) is 16.7 Å². The number of esters is 1. The second-order valence-electron chi connectivity index (χ2n) is 7.37. The zero-order valence-electron chi connectivity index (χ0n) is 19.0. The van der Waals surface area contributed by atoms with Crippen molar-refractivity contribution >= 4 is 17.4 Å². The molecule has 0 bridgehead atoms. The molecule has 0 aliphatic carbocycles. The predicted octanol–water partition coefficient (Wildman–Crippen LogP) is 4.49. The molecule has 166 valence electrons. The van der Waals surface area contributed by atoms with Crippen LogP contribution in [0.2, 0.25) is 0 Å². The number of benzene rings is 2. The van der Waals surface area contributed by atoms with E-state index in [9.17, 15) is 4.79 Å². The third-order valence-electron chi connectivity index (χ3n) is 4.49. The first kappa shape index (κ1) is 23.9. The van der Waals surface area contributed by atoms with Gasteiger partial charge >= 0.3 is 5.97 Å². The average Bonchev–Trinajstić information content (AvgIpc) is 2.76. The number of carbonyl (C=O) groups excluding carboxylic acids is 1. The number of carbonyl (C=O) groups is 1. The van der Waals surface area contributed by atoms with E-state index < -0.39 is 5.97 Å². The molecular formula is C24H30N2O5. The fourth-order valence-corrected chi connectivity index (χ4v) is 2.89. The van der Waals surface area contributed by atoms with Gasteiger partial charge in [-0.05, 0) is 37.5 Å². The molecule has 2 aromatic rings. The molecule has 0 radical (unpaired) electrons. The number of aryl methyl sites for hydroxylation is 1. The van der Waals surface area contributed by atoms with Crippen LogP contribution in [0.4, 0.5) is 0 Å². The van der Waals surface area contributed by atoms with E-state index in [0.29, 0.717) is 23.8 Å². The lowest BCUT2D eigenvalue weighted by molar-refractivity contribution is -0.132. The van der Waals surface area contributed by atoms with Crippen molar-refractivity contribution in [1.29, 1.82) is 0 Å². The summed E-state index contributed by atoms with van der Waals surface area (Å²) in [6, 6.07) is 13.2. The fraction of sp³-hybridized carbons (Fsp3) is 0.375. The molecule has 0 heterocycles. The van der Waals surface area contributed by atoms with Gasteiger partial charge in [-0.1, -0.05) is 54.5 Å². The topological polar surface area (TPSA) is 78.7 Å². The summed E-state index contributed by atoms with van der Waals surface area (Å²) in [7, 11) is 2.67. The first-order valence-corrected chi connectivity index (χ1v) is 10.1. The number of hydrogen-bond acceptors (Lipinski definition) is 7. The van der Waals surface area contributed by atoms with Gasteiger partial charge < -0.3 is 19.1 Å². The Morgan fingerprint density at radius 1 is 1.00 bits per heavy atom. The smallest absolute Gasteiger partial charge is 0.360 e. The molecule has 0 fully saturated rings. The Morgan fingerprint density at radius 3 is 2.39 bits per heavy atom. The first-order valence-electron chi connectivity index (χ1n) is 10.1. The highest BCUT2D eigenvalue weighted by Gasteiger charge is 2.20. The molecule has 0 spiro atoms. The quantitative estimate of drug-likeness (QED) is 0.318. The molecule has 0 atom stereocenters. The number of rotatable bonds is 10. The lowest BCUT2D eigenvalue weighted by Crippen LogP contribution is -2.20. The molecule has 31 heavy (non-hydrogen) atoms. The van der Waals surface area contributed by atoms with E-state index in [4.69, 9.17) is 19.1 Å². The maximum Gasteiger partial charge on any atom is 0.360 e. The minimum atomic E-state index is -0.593. The highest BCUT2D eigenvalue weighted by atomic mass is 16.6. The van der Waals surface area contributed by atoms with E-state index >= 15 is 0 Å². The van der Waals surface area contributed by atoms with Gasteiger partial charge in [0.15, 0.2) is 5.71 Å². The zero-order valence-corrected chi connectivity index (χ0v) is 19.0. The molecule has 0 aliphatic rings. The molecule has 0 aromatic heterocycles. The number of nitrogens with zero attached hydrogens (tertiary/aromatic N) is 2. The molecule has 0 saturated carbocycles. The van der Waals surface area contributed by atoms with Crippen LogP contribution >= 0.6 is 0 Å². The van der Waals surface area contributed by atoms with Crippen molar-refractivity contribution in [3.05, 3.63) is 64.7 Å². The Morgan fingerprint density at radius 2 is 1.71 bits per heavy atom. The van der Waals surface area contributed by atoms with Crippen LogP contribution in [0.5, 0.6) is 5.75 Å². The van der Waals surface area contributed by atoms with Crippen LogP contribution in [0.3, 0.4) is 0 Å². The predicted molar refractivity (Wildman–Crippen MR) is 121 cm³/mol. The second kappa shape index (κ2) is 11.7. The molecule has 2 rings (SSSR count). The third-order valence-corrected chi connectivity index (χ3v) is 4.49. The molecule has 0 aliphatic heterocycles. The Balaban J connectivity index is 2.25. The van der Waals surface area contributed by atoms with E-state index in [2.05, 4.69) is 24.2 Å². The van der Waals surface area contributed by atoms with Gasteiger partial charge in [-0.2, -0.15) is 0 Å². The Hall–Kier alpha value is -3.35. The van der Waals surface area contributed by atoms with Crippen LogP contribution in [0.1, 0.15) is 43.0 Å². The maximum absolute atomic E-state index is 12.2. The lowest BCUT2D eigenvalue weighted by Gasteiger charge is -2.14. The van der Waals surface area contributed by atoms with Crippen molar-refractivity contribution in [3.63, 3.8) is 0 Å². The number of ether oxygens (including phenoxy) is 2. The standard InChI is InChI=1S/C24H30N2O5/c1-16(2)14-30-22-13-8-7-11-19(22)18(4)25-31-15-21-17(3)10-9-12-20(21)23(26-29-6)24(27)28-5/h7-13,16H,14-15H2,1-6H3/b25-18+,26-23+. The van der Waals surface area contributed by atoms with Gasteiger partial charge in [-0.3, -0.25) is 0 Å². The normalized spacial score (nSPS) is 12.0. The van der Waals surface area contributed by atoms with Crippen LogP contribution < -0.4 is 4.74 Å². The van der Waals surface area contributed by atoms with Gasteiger partial charge in [0.25, 0.3) is 0 Å². The Labute approximate surface area is 183 Å². The molecule has 0 amide bonds. The largest absolute Gasteiger partial charge is 0.493 e. The fourth-order valence-electron chi connectivity index (χ4n) is 2.89. The third kappa shape index (κ3) is 6.57. The Kier molecular flexibility index (Phi) is 9.06. The summed E-state index contributed by atoms with van der Waals surface area (Å²) >= 11 is 0. The van der Waals surface area contributed by atoms with Gasteiger partial charge in [-0.25, -0.2) is 4.79 Å². The minimum absolute atomic E-state index is 0.0698. The summed E-state index contributed by atoms with van der Waals surface area (Å²) in [5.74, 6) is 0.584. The minimum Gasteiger partial charge on any atom is -0.493 e. The van der Waals surface area contributed by atoms with Gasteiger partial charge in [0.1, 0.15) is 19.5 Å². The van der Waals surface area contributed by atoms with E-state index in [-0.39, 0.29) is 12.3 Å². The molecule has 0 unspecified atom stereocenters. The van der Waals surface area contributed by atoms with Crippen LogP contribution in [0.25, 0.3) is 0 Å². The van der Waals surface area contributed by atoms with Crippen LogP contribution in [-0.4, -0.2) is 38.2 Å². The average molecular weight is 427 g/mol. The summed E-state index contributed by atoms with van der Waals surface area (Å²) in [6.07, 6.45) is 0. The van der Waals surface area contributed by atoms with Crippen molar-refractivity contribution < 1.29 is 23.9 Å². The van der Waals surface area contributed by atoms with Crippen molar-refractivity contribution in [3.8, 4) is 5.75 Å². The monoisotopic (exact) mass is 426 g/mol. The lowest BCUT2D eigenvalue weighted by atomic mass is 9.99. The van der Waals surface area contributed by atoms with Gasteiger partial charge in [0.05, 0.1) is 19.4 Å². The van der Waals surface area contributed by atoms with Crippen molar-refractivity contribution in [1.82, 2.24) is 0 Å². The van der Waals surface area contributed by atoms with Gasteiger partial charge in [-0.15, -0.1) is 0 Å². The number of para-hydroxylation sites is 1. The van der Waals surface area contributed by atoms with E-state index in [1.807, 2.05) is 50.2 Å². The molecule has 7 heteroatoms. The second-order valence-corrected chi connectivity index (χ2v) is 7.37. The summed E-state index contributed by atoms with van der Waals surface area (Å²) in [5, 5.41) is 8.12. The summed E-state index contributed by atoms with van der Waals surface area (Å²) in [6.45, 7) is 8.75. The highest BCUT2D eigenvalue weighted by molar-refractivity contribution is 6.43. The molecule has 7 nitrogen and oxygen atoms in total. The van der Waals surface area contributed by atoms with Crippen molar-refractivity contribution in [2.75, 3.05) is 20.8 Å². The van der Waals surface area contributed by atoms with Crippen molar-refractivity contribution in [2.45, 2.75) is 34.3 Å². The SMILES string of the molecule is CO/N=C(/C(=O)OC)c1cccc(C)c1CO/N=C(\C)c1ccccc1OCC(C)C. The van der Waals surface area contributed by atoms with E-state index in [0.717, 1.165) is 22.4 Å². The van der Waals surface area contributed by atoms with Crippen LogP contribution in [-0.2, 0) is 25.8 Å². The summed E-state index contributed by atoms with van der Waals surface area (Å²) in [4.78, 5) is 22.7. The molecule has 2 aromatic carbocycles. The number of hydrogen-bond donors (Lipinski definition) is 0. The van der Waals surface area contributed by atoms with E-state index in [1.54, 1.807) is 6.07 Å². The van der Waals surface area contributed by atoms with Crippen LogP contribution in [0.15, 0.2) is 52.8 Å². The molecular weight excluding hydrogens is 396 g/mol. The zero-order chi connectivity index (χ0) is 22.8. The van der Waals surface area contributed by atoms with Gasteiger partial charge in [0.2, 0.25) is 0 Å². The molecule has 0 saturated heterocycles. The number of methoxy groups -OCH3 is 1. The highest BCUT2D eigenvalue weighted by Crippen LogP contribution is 2.21. The number of oxime groups is 2. The summed E-state index contributed by atoms with van der Waals surface area (Å²) in [5.41, 5.74) is 3.89. The first-order chi connectivity index (χ1) is 14.9. The van der Waals surface area contributed by atoms with E-state index in [1.165, 1.54) is 14.2 Å². The Bertz CT molecular complexity index is 951. The summed E-state index contributed by atoms with van der Waals surface area (Å²) < 4.78 is 10.7. The van der Waals surface area contributed by atoms with Crippen molar-refractivity contribution in [2.24, 2.45) is 16.2 Å². The molecule has 0 N–H and O–H groups in total.